The molecule has 0 aliphatic carbocycles. The average Bonchev–Trinajstić information content (AvgIpc) is 3.11. The summed E-state index contributed by atoms with van der Waals surface area (Å²) < 4.78 is 9.83. The van der Waals surface area contributed by atoms with Crippen molar-refractivity contribution in [1.82, 2.24) is 19.2 Å². The molecule has 120 valence electrons. The fourth-order valence-corrected chi connectivity index (χ4v) is 3.22. The predicted octanol–water partition coefficient (Wildman–Crippen LogP) is 2.30. The van der Waals surface area contributed by atoms with Gasteiger partial charge in [0.2, 0.25) is 0 Å². The van der Waals surface area contributed by atoms with Gasteiger partial charge < -0.3 is 16.9 Å². The van der Waals surface area contributed by atoms with Crippen LogP contribution < -0.4 is 11.5 Å². The standard InChI is InChI=1S/C6H2N4S2.C6H8N2S2.H2O/c1-3-6(12-9-7-3)2-4-5(1)11-10-8-4;7-3-1-5(9)4(8)2-6(3)10;/h1-2H;1-2,9-10H,7-8H2;1H2. The van der Waals surface area contributed by atoms with Crippen LogP contribution in [0.25, 0.3) is 20.4 Å². The molecule has 0 aliphatic rings. The highest BCUT2D eigenvalue weighted by Crippen LogP contribution is 2.26. The van der Waals surface area contributed by atoms with Crippen LogP contribution in [0.5, 0.6) is 0 Å². The van der Waals surface area contributed by atoms with Crippen LogP contribution in [0.2, 0.25) is 0 Å². The third-order valence-corrected chi connectivity index (χ3v) is 4.94. The summed E-state index contributed by atoms with van der Waals surface area (Å²) in [5.74, 6) is 0. The van der Waals surface area contributed by atoms with Gasteiger partial charge in [-0.25, -0.2) is 0 Å². The second-order valence-corrected chi connectivity index (χ2v) is 6.84. The van der Waals surface area contributed by atoms with Gasteiger partial charge in [0.25, 0.3) is 0 Å². The third kappa shape index (κ3) is 3.82. The summed E-state index contributed by atoms with van der Waals surface area (Å²) in [4.78, 5) is 1.38. The number of hydrogen-bond donors (Lipinski definition) is 4. The van der Waals surface area contributed by atoms with Gasteiger partial charge in [-0.2, -0.15) is 0 Å². The number of hydrogen-bond acceptors (Lipinski definition) is 10. The van der Waals surface area contributed by atoms with Crippen LogP contribution in [0.3, 0.4) is 0 Å². The van der Waals surface area contributed by atoms with Gasteiger partial charge in [0.15, 0.2) is 0 Å². The molecule has 0 atom stereocenters. The summed E-state index contributed by atoms with van der Waals surface area (Å²) in [5.41, 5.74) is 14.1. The van der Waals surface area contributed by atoms with E-state index in [0.717, 1.165) is 20.4 Å². The first-order valence-corrected chi connectivity index (χ1v) is 8.40. The van der Waals surface area contributed by atoms with E-state index < -0.39 is 0 Å². The highest BCUT2D eigenvalue weighted by atomic mass is 32.1. The van der Waals surface area contributed by atoms with Gasteiger partial charge in [0, 0.05) is 21.2 Å². The molecular weight excluding hydrogens is 372 g/mol. The Bertz CT molecular complexity index is 812. The molecule has 7 nitrogen and oxygen atoms in total. The second kappa shape index (κ2) is 7.27. The average molecular weight is 385 g/mol. The zero-order valence-electron chi connectivity index (χ0n) is 11.5. The molecule has 0 spiro atoms. The molecule has 0 amide bonds. The molecule has 0 aliphatic heterocycles. The Morgan fingerprint density at radius 3 is 1.52 bits per heavy atom. The Kier molecular flexibility index (Phi) is 5.59. The maximum Gasteiger partial charge on any atom is 0.107 e. The number of rotatable bonds is 0. The molecule has 0 bridgehead atoms. The summed E-state index contributed by atoms with van der Waals surface area (Å²) in [6.45, 7) is 0. The number of nitrogen functional groups attached to an aromatic ring is 2. The fraction of sp³-hybridized carbons (Fsp3) is 0. The van der Waals surface area contributed by atoms with E-state index in [0.29, 0.717) is 21.2 Å². The molecule has 6 N–H and O–H groups in total. The van der Waals surface area contributed by atoms with E-state index in [9.17, 15) is 0 Å². The van der Waals surface area contributed by atoms with Crippen molar-refractivity contribution >= 4 is 80.1 Å². The van der Waals surface area contributed by atoms with E-state index in [1.165, 1.54) is 23.1 Å². The van der Waals surface area contributed by atoms with Gasteiger partial charge in [-0.1, -0.05) is 8.98 Å². The van der Waals surface area contributed by atoms with Gasteiger partial charge in [0.1, 0.15) is 11.0 Å². The Balaban J connectivity index is 0.000000163. The van der Waals surface area contributed by atoms with E-state index in [-0.39, 0.29) is 5.48 Å². The minimum Gasteiger partial charge on any atom is -0.412 e. The topological polar surface area (TPSA) is 135 Å². The Labute approximate surface area is 150 Å². The summed E-state index contributed by atoms with van der Waals surface area (Å²) in [7, 11) is 0. The monoisotopic (exact) mass is 384 g/mol. The minimum absolute atomic E-state index is 0. The summed E-state index contributed by atoms with van der Waals surface area (Å²) in [6.07, 6.45) is 0. The van der Waals surface area contributed by atoms with Crippen molar-refractivity contribution < 1.29 is 5.48 Å². The van der Waals surface area contributed by atoms with Gasteiger partial charge in [-0.15, -0.1) is 35.5 Å². The van der Waals surface area contributed by atoms with Crippen molar-refractivity contribution in [2.75, 3.05) is 11.5 Å². The van der Waals surface area contributed by atoms with E-state index in [2.05, 4.69) is 44.4 Å². The molecule has 4 aromatic rings. The first kappa shape index (κ1) is 17.7. The van der Waals surface area contributed by atoms with Gasteiger partial charge in [0.05, 0.1) is 9.40 Å². The lowest BCUT2D eigenvalue weighted by atomic mass is 10.3. The van der Waals surface area contributed by atoms with Crippen LogP contribution in [0.1, 0.15) is 0 Å². The zero-order valence-corrected chi connectivity index (χ0v) is 14.9. The number of anilines is 2. The first-order chi connectivity index (χ1) is 10.5. The van der Waals surface area contributed by atoms with Crippen molar-refractivity contribution in [2.24, 2.45) is 0 Å². The summed E-state index contributed by atoms with van der Waals surface area (Å²) >= 11 is 10.9. The van der Waals surface area contributed by atoms with E-state index in [1.54, 1.807) is 12.1 Å². The van der Waals surface area contributed by atoms with Crippen molar-refractivity contribution in [1.29, 1.82) is 0 Å². The molecule has 4 rings (SSSR count). The zero-order chi connectivity index (χ0) is 15.7. The molecule has 0 unspecified atom stereocenters. The molecule has 0 fully saturated rings. The smallest absolute Gasteiger partial charge is 0.107 e. The molecule has 23 heavy (non-hydrogen) atoms. The highest BCUT2D eigenvalue weighted by Gasteiger charge is 2.03. The maximum absolute atomic E-state index is 5.51. The molecule has 2 heterocycles. The van der Waals surface area contributed by atoms with E-state index in [4.69, 9.17) is 11.5 Å². The van der Waals surface area contributed by atoms with Crippen molar-refractivity contribution in [3.05, 3.63) is 24.3 Å². The molecular formula is C12H12N6OS4. The molecule has 2 aromatic carbocycles. The molecule has 0 saturated heterocycles. The Morgan fingerprint density at radius 2 is 1.13 bits per heavy atom. The van der Waals surface area contributed by atoms with Crippen molar-refractivity contribution in [3.63, 3.8) is 0 Å². The number of nitrogens with zero attached hydrogens (tertiary/aromatic N) is 4. The van der Waals surface area contributed by atoms with E-state index >= 15 is 0 Å². The third-order valence-electron chi connectivity index (χ3n) is 2.79. The van der Waals surface area contributed by atoms with Crippen molar-refractivity contribution in [2.45, 2.75) is 9.79 Å². The number of nitrogens with two attached hydrogens (primary N) is 2. The molecule has 0 saturated carbocycles. The molecule has 11 heteroatoms. The SMILES string of the molecule is Nc1cc(S)c(N)cc1S.O.c1c2nnsc2cc2nnsc12. The van der Waals surface area contributed by atoms with Gasteiger partial charge >= 0.3 is 0 Å². The lowest BCUT2D eigenvalue weighted by molar-refractivity contribution is 0.824. The number of benzene rings is 2. The summed E-state index contributed by atoms with van der Waals surface area (Å²) in [6, 6.07) is 7.30. The Morgan fingerprint density at radius 1 is 0.739 bits per heavy atom. The van der Waals surface area contributed by atoms with Crippen LogP contribution in [0.15, 0.2) is 34.1 Å². The lowest BCUT2D eigenvalue weighted by Gasteiger charge is -2.02. The quantitative estimate of drug-likeness (QED) is 0.271. The molecule has 2 aromatic heterocycles. The minimum atomic E-state index is 0. The highest BCUT2D eigenvalue weighted by molar-refractivity contribution is 7.81. The van der Waals surface area contributed by atoms with Crippen molar-refractivity contribution in [3.8, 4) is 0 Å². The van der Waals surface area contributed by atoms with Crippen LogP contribution in [-0.4, -0.2) is 24.7 Å². The summed E-state index contributed by atoms with van der Waals surface area (Å²) in [5, 5.41) is 7.94. The largest absolute Gasteiger partial charge is 0.412 e. The maximum atomic E-state index is 5.51. The molecule has 0 radical (unpaired) electrons. The van der Waals surface area contributed by atoms with Gasteiger partial charge in [-0.3, -0.25) is 0 Å². The second-order valence-electron chi connectivity index (χ2n) is 4.30. The van der Waals surface area contributed by atoms with Crippen LogP contribution in [0, 0.1) is 0 Å². The first-order valence-electron chi connectivity index (χ1n) is 5.95. The Hall–Kier alpha value is -1.66. The van der Waals surface area contributed by atoms with Crippen LogP contribution in [0.4, 0.5) is 11.4 Å². The van der Waals surface area contributed by atoms with Crippen LogP contribution in [-0.2, 0) is 0 Å². The van der Waals surface area contributed by atoms with Gasteiger partial charge in [-0.05, 0) is 47.3 Å². The number of fused-ring (bicyclic) bond motifs is 2. The predicted molar refractivity (Wildman–Crippen MR) is 102 cm³/mol. The lowest BCUT2D eigenvalue weighted by Crippen LogP contribution is -1.91. The normalized spacial score (nSPS) is 10.2. The van der Waals surface area contributed by atoms with Crippen LogP contribution >= 0.6 is 48.3 Å². The fourth-order valence-electron chi connectivity index (χ4n) is 1.67. The number of thiol groups is 2. The number of aromatic nitrogens is 4. The van der Waals surface area contributed by atoms with E-state index in [1.807, 2.05) is 12.1 Å².